The first-order chi connectivity index (χ1) is 5.38. The van der Waals surface area contributed by atoms with Gasteiger partial charge in [0.25, 0.3) is 0 Å². The molecule has 1 rings (SSSR count). The summed E-state index contributed by atoms with van der Waals surface area (Å²) in [6.45, 7) is 4.46. The number of benzene rings is 1. The Balaban J connectivity index is 2.83. The molecule has 11 heavy (non-hydrogen) atoms. The highest BCUT2D eigenvalue weighted by Gasteiger charge is 1.96. The molecule has 1 unspecified atom stereocenters. The summed E-state index contributed by atoms with van der Waals surface area (Å²) in [6, 6.07) is 8.75. The molecule has 1 aromatic rings. The smallest absolute Gasteiger partial charge is 0.0240 e. The van der Waals surface area contributed by atoms with Crippen molar-refractivity contribution in [2.45, 2.75) is 20.3 Å². The van der Waals surface area contributed by atoms with Crippen molar-refractivity contribution >= 4 is 13.9 Å². The molecule has 0 nitrogen and oxygen atoms in total. The molecule has 0 N–H and O–H groups in total. The number of hydrogen-bond acceptors (Lipinski definition) is 0. The molecule has 0 aromatic heterocycles. The summed E-state index contributed by atoms with van der Waals surface area (Å²) in [5.41, 5.74) is 1.52. The molecular weight excluding hydrogens is 151 g/mol. The molecule has 0 radical (unpaired) electrons. The van der Waals surface area contributed by atoms with Crippen LogP contribution in [0.25, 0.3) is 0 Å². The van der Waals surface area contributed by atoms with E-state index in [0.29, 0.717) is 0 Å². The van der Waals surface area contributed by atoms with Crippen LogP contribution >= 0.6 is 8.58 Å². The molecule has 1 atom stereocenters. The van der Waals surface area contributed by atoms with E-state index in [1.165, 1.54) is 18.1 Å². The predicted molar refractivity (Wildman–Crippen MR) is 54.3 cm³/mol. The van der Waals surface area contributed by atoms with Crippen molar-refractivity contribution in [2.24, 2.45) is 0 Å². The molecule has 0 aliphatic rings. The highest BCUT2D eigenvalue weighted by atomic mass is 31.1. The minimum atomic E-state index is 0.993. The Morgan fingerprint density at radius 3 is 2.55 bits per heavy atom. The van der Waals surface area contributed by atoms with Gasteiger partial charge in [0, 0.05) is 0 Å². The first-order valence-corrected chi connectivity index (χ1v) is 5.41. The molecular formula is C10H15P. The molecule has 0 amide bonds. The monoisotopic (exact) mass is 166 g/mol. The van der Waals surface area contributed by atoms with Gasteiger partial charge in [-0.3, -0.25) is 0 Å². The summed E-state index contributed by atoms with van der Waals surface area (Å²) >= 11 is 0. The Hall–Kier alpha value is -0.350. The van der Waals surface area contributed by atoms with Crippen molar-refractivity contribution in [3.63, 3.8) is 0 Å². The van der Waals surface area contributed by atoms with Gasteiger partial charge in [0.15, 0.2) is 0 Å². The maximum absolute atomic E-state index is 2.25. The van der Waals surface area contributed by atoms with Crippen molar-refractivity contribution in [3.05, 3.63) is 29.8 Å². The minimum Gasteiger partial charge on any atom is -0.0904 e. The summed E-state index contributed by atoms with van der Waals surface area (Å²) in [7, 11) is 0.993. The van der Waals surface area contributed by atoms with Crippen LogP contribution in [0, 0.1) is 0 Å². The Morgan fingerprint density at radius 2 is 1.91 bits per heavy atom. The molecule has 0 fully saturated rings. The first kappa shape index (κ1) is 8.74. The van der Waals surface area contributed by atoms with E-state index in [9.17, 15) is 0 Å². The Morgan fingerprint density at radius 1 is 1.18 bits per heavy atom. The molecule has 60 valence electrons. The van der Waals surface area contributed by atoms with Crippen LogP contribution in [-0.4, -0.2) is 6.16 Å². The predicted octanol–water partition coefficient (Wildman–Crippen LogP) is 2.57. The number of hydrogen-bond donors (Lipinski definition) is 0. The summed E-state index contributed by atoms with van der Waals surface area (Å²) in [5, 5.41) is 1.55. The van der Waals surface area contributed by atoms with Gasteiger partial charge in [0.2, 0.25) is 0 Å². The quantitative estimate of drug-likeness (QED) is 0.605. The van der Waals surface area contributed by atoms with Crippen LogP contribution in [0.2, 0.25) is 0 Å². The summed E-state index contributed by atoms with van der Waals surface area (Å²) in [4.78, 5) is 0. The van der Waals surface area contributed by atoms with E-state index < -0.39 is 0 Å². The lowest BCUT2D eigenvalue weighted by Crippen LogP contribution is -2.02. The van der Waals surface area contributed by atoms with E-state index in [1.807, 2.05) is 0 Å². The fourth-order valence-corrected chi connectivity index (χ4v) is 2.27. The molecule has 1 heteroatoms. The third-order valence-corrected chi connectivity index (χ3v) is 2.99. The second-order valence-corrected chi connectivity index (χ2v) is 4.14. The molecule has 0 spiro atoms. The van der Waals surface area contributed by atoms with Crippen LogP contribution in [0.5, 0.6) is 0 Å². The standard InChI is InChI=1S/C10H15P/c1-3-9-7-5-6-8-10(9)11-4-2/h5-8,11H,3-4H2,1-2H3. The normalized spacial score (nSPS) is 11.1. The fourth-order valence-electron chi connectivity index (χ4n) is 1.19. The van der Waals surface area contributed by atoms with Crippen LogP contribution in [0.1, 0.15) is 19.4 Å². The van der Waals surface area contributed by atoms with E-state index in [4.69, 9.17) is 0 Å². The Kier molecular flexibility index (Phi) is 3.59. The second kappa shape index (κ2) is 4.51. The summed E-state index contributed by atoms with van der Waals surface area (Å²) in [5.74, 6) is 0. The third-order valence-electron chi connectivity index (χ3n) is 1.77. The van der Waals surface area contributed by atoms with Gasteiger partial charge in [-0.15, -0.1) is 0 Å². The van der Waals surface area contributed by atoms with Gasteiger partial charge in [-0.05, 0) is 23.5 Å². The first-order valence-electron chi connectivity index (χ1n) is 4.20. The lowest BCUT2D eigenvalue weighted by Gasteiger charge is -2.04. The maximum Gasteiger partial charge on any atom is -0.0240 e. The molecule has 0 heterocycles. The average molecular weight is 166 g/mol. The topological polar surface area (TPSA) is 0 Å². The fraction of sp³-hybridized carbons (Fsp3) is 0.400. The minimum absolute atomic E-state index is 0.993. The van der Waals surface area contributed by atoms with Crippen molar-refractivity contribution in [3.8, 4) is 0 Å². The number of rotatable bonds is 3. The third kappa shape index (κ3) is 2.31. The molecule has 0 saturated heterocycles. The van der Waals surface area contributed by atoms with E-state index in [-0.39, 0.29) is 0 Å². The highest BCUT2D eigenvalue weighted by Crippen LogP contribution is 2.12. The van der Waals surface area contributed by atoms with Gasteiger partial charge in [-0.1, -0.05) is 46.7 Å². The van der Waals surface area contributed by atoms with Gasteiger partial charge in [0.1, 0.15) is 0 Å². The van der Waals surface area contributed by atoms with Crippen LogP contribution < -0.4 is 5.30 Å². The molecule has 1 aromatic carbocycles. The summed E-state index contributed by atoms with van der Waals surface area (Å²) < 4.78 is 0. The van der Waals surface area contributed by atoms with Crippen LogP contribution in [0.15, 0.2) is 24.3 Å². The zero-order valence-corrected chi connectivity index (χ0v) is 8.22. The van der Waals surface area contributed by atoms with Crippen molar-refractivity contribution in [2.75, 3.05) is 6.16 Å². The lowest BCUT2D eigenvalue weighted by molar-refractivity contribution is 1.15. The van der Waals surface area contributed by atoms with E-state index in [1.54, 1.807) is 5.30 Å². The molecule has 0 aliphatic heterocycles. The number of aryl methyl sites for hydroxylation is 1. The van der Waals surface area contributed by atoms with E-state index in [2.05, 4.69) is 38.1 Å². The molecule has 0 saturated carbocycles. The van der Waals surface area contributed by atoms with Gasteiger partial charge < -0.3 is 0 Å². The van der Waals surface area contributed by atoms with Gasteiger partial charge in [-0.2, -0.15) is 0 Å². The average Bonchev–Trinajstić information content (AvgIpc) is 2.06. The van der Waals surface area contributed by atoms with Crippen LogP contribution in [0.3, 0.4) is 0 Å². The van der Waals surface area contributed by atoms with Gasteiger partial charge >= 0.3 is 0 Å². The van der Waals surface area contributed by atoms with Crippen LogP contribution in [-0.2, 0) is 6.42 Å². The largest absolute Gasteiger partial charge is 0.0904 e. The van der Waals surface area contributed by atoms with E-state index >= 15 is 0 Å². The SMILES string of the molecule is CCPc1ccccc1CC. The van der Waals surface area contributed by atoms with E-state index in [0.717, 1.165) is 8.58 Å². The lowest BCUT2D eigenvalue weighted by atomic mass is 10.2. The Bertz CT molecular complexity index is 218. The highest BCUT2D eigenvalue weighted by molar-refractivity contribution is 7.47. The van der Waals surface area contributed by atoms with Crippen molar-refractivity contribution in [1.82, 2.24) is 0 Å². The summed E-state index contributed by atoms with van der Waals surface area (Å²) in [6.07, 6.45) is 2.44. The zero-order chi connectivity index (χ0) is 8.10. The molecule has 0 aliphatic carbocycles. The van der Waals surface area contributed by atoms with Gasteiger partial charge in [0.05, 0.1) is 0 Å². The Labute approximate surface area is 70.8 Å². The maximum atomic E-state index is 2.25. The van der Waals surface area contributed by atoms with Crippen molar-refractivity contribution in [1.29, 1.82) is 0 Å². The van der Waals surface area contributed by atoms with Gasteiger partial charge in [-0.25, -0.2) is 0 Å². The second-order valence-electron chi connectivity index (χ2n) is 2.54. The van der Waals surface area contributed by atoms with Crippen molar-refractivity contribution < 1.29 is 0 Å². The zero-order valence-electron chi connectivity index (χ0n) is 7.22. The van der Waals surface area contributed by atoms with Crippen LogP contribution in [0.4, 0.5) is 0 Å². The molecule has 0 bridgehead atoms.